The number of fused-ring (bicyclic) bond motifs is 4. The highest BCUT2D eigenvalue weighted by molar-refractivity contribution is 7.12. The van der Waals surface area contributed by atoms with Crippen LogP contribution in [0.1, 0.15) is 34.7 Å². The summed E-state index contributed by atoms with van der Waals surface area (Å²) in [5.74, 6) is 3.00. The number of thiophene rings is 1. The molecule has 0 fully saturated rings. The van der Waals surface area contributed by atoms with E-state index < -0.39 is 0 Å². The van der Waals surface area contributed by atoms with Crippen molar-refractivity contribution < 1.29 is 18.9 Å². The number of hydrogen-bond acceptors (Lipinski definition) is 7. The van der Waals surface area contributed by atoms with Crippen molar-refractivity contribution in [1.29, 1.82) is 0 Å². The lowest BCUT2D eigenvalue weighted by atomic mass is 9.97. The Morgan fingerprint density at radius 3 is 2.90 bits per heavy atom. The van der Waals surface area contributed by atoms with Crippen molar-refractivity contribution in [3.8, 4) is 23.0 Å². The van der Waals surface area contributed by atoms with Gasteiger partial charge in [-0.1, -0.05) is 18.2 Å². The van der Waals surface area contributed by atoms with Gasteiger partial charge in [0.15, 0.2) is 23.0 Å². The smallest absolute Gasteiger partial charge is 0.231 e. The molecule has 0 amide bonds. The van der Waals surface area contributed by atoms with Crippen molar-refractivity contribution in [1.82, 2.24) is 5.01 Å². The Morgan fingerprint density at radius 2 is 2.03 bits per heavy atom. The number of hydrogen-bond donors (Lipinski definition) is 0. The number of rotatable bonds is 3. The van der Waals surface area contributed by atoms with Crippen LogP contribution in [0.25, 0.3) is 0 Å². The second-order valence-corrected chi connectivity index (χ2v) is 8.03. The molecule has 0 radical (unpaired) electrons. The largest absolute Gasteiger partial charge is 0.493 e. The van der Waals surface area contributed by atoms with Crippen LogP contribution in [-0.4, -0.2) is 24.6 Å². The zero-order valence-electron chi connectivity index (χ0n) is 15.7. The highest BCUT2D eigenvalue weighted by Crippen LogP contribution is 2.51. The van der Waals surface area contributed by atoms with E-state index in [4.69, 9.17) is 24.0 Å². The van der Waals surface area contributed by atoms with Gasteiger partial charge in [0.2, 0.25) is 13.0 Å². The summed E-state index contributed by atoms with van der Waals surface area (Å²) in [7, 11) is 1.67. The van der Waals surface area contributed by atoms with Crippen LogP contribution in [0, 0.1) is 0 Å². The van der Waals surface area contributed by atoms with Gasteiger partial charge in [-0.25, -0.2) is 5.01 Å². The molecule has 4 heterocycles. The summed E-state index contributed by atoms with van der Waals surface area (Å²) in [6.07, 6.45) is 0.446. The minimum atomic E-state index is -0.379. The van der Waals surface area contributed by atoms with E-state index in [9.17, 15) is 0 Å². The summed E-state index contributed by atoms with van der Waals surface area (Å²) in [4.78, 5) is 1.19. The van der Waals surface area contributed by atoms with E-state index in [1.807, 2.05) is 30.3 Å². The first-order valence-electron chi connectivity index (χ1n) is 9.44. The fourth-order valence-electron chi connectivity index (χ4n) is 4.12. The van der Waals surface area contributed by atoms with Gasteiger partial charge in [-0.2, -0.15) is 5.10 Å². The molecule has 6 rings (SSSR count). The molecule has 1 aromatic heterocycles. The number of ether oxygens (including phenoxy) is 4. The second kappa shape index (κ2) is 6.42. The van der Waals surface area contributed by atoms with Crippen LogP contribution >= 0.6 is 11.3 Å². The Kier molecular flexibility index (Phi) is 3.70. The number of benzene rings is 2. The first-order chi connectivity index (χ1) is 14.3. The Hall–Kier alpha value is -3.19. The molecule has 146 valence electrons. The Labute approximate surface area is 171 Å². The standard InChI is InChI=1S/C22H18N2O4S/c1-25-18-5-2-4-14-16-11-15(20-6-3-9-29-20)23-24(16)22(28-21(14)18)13-7-8-17-19(10-13)27-12-26-17/h2-10,16,22H,11-12H2,1H3/t16-,22+/m0/s1. The molecule has 3 aliphatic heterocycles. The summed E-state index contributed by atoms with van der Waals surface area (Å²) in [6.45, 7) is 0.244. The van der Waals surface area contributed by atoms with Crippen molar-refractivity contribution in [2.45, 2.75) is 18.7 Å². The number of methoxy groups -OCH3 is 1. The van der Waals surface area contributed by atoms with Crippen LogP contribution < -0.4 is 18.9 Å². The van der Waals surface area contributed by atoms with Crippen LogP contribution in [0.3, 0.4) is 0 Å². The van der Waals surface area contributed by atoms with Gasteiger partial charge in [0.1, 0.15) is 0 Å². The predicted molar refractivity (Wildman–Crippen MR) is 109 cm³/mol. The van der Waals surface area contributed by atoms with Crippen molar-refractivity contribution in [3.63, 3.8) is 0 Å². The van der Waals surface area contributed by atoms with Crippen molar-refractivity contribution in [2.75, 3.05) is 13.9 Å². The molecular formula is C22H18N2O4S. The monoisotopic (exact) mass is 406 g/mol. The molecule has 0 N–H and O–H groups in total. The third kappa shape index (κ3) is 2.57. The minimum Gasteiger partial charge on any atom is -0.493 e. The molecule has 0 saturated heterocycles. The minimum absolute atomic E-state index is 0.0846. The zero-order chi connectivity index (χ0) is 19.4. The van der Waals surface area contributed by atoms with Crippen LogP contribution in [0.15, 0.2) is 59.0 Å². The summed E-state index contributed by atoms with van der Waals surface area (Å²) in [5.41, 5.74) is 3.14. The molecular weight excluding hydrogens is 388 g/mol. The highest BCUT2D eigenvalue weighted by Gasteiger charge is 2.42. The van der Waals surface area contributed by atoms with Gasteiger partial charge in [-0.05, 0) is 35.7 Å². The second-order valence-electron chi connectivity index (χ2n) is 7.09. The first kappa shape index (κ1) is 16.7. The predicted octanol–water partition coefficient (Wildman–Crippen LogP) is 4.73. The van der Waals surface area contributed by atoms with Gasteiger partial charge in [0.25, 0.3) is 0 Å². The first-order valence-corrected chi connectivity index (χ1v) is 10.3. The fraction of sp³-hybridized carbons (Fsp3) is 0.227. The zero-order valence-corrected chi connectivity index (χ0v) is 16.5. The maximum absolute atomic E-state index is 6.48. The quantitative estimate of drug-likeness (QED) is 0.630. The maximum Gasteiger partial charge on any atom is 0.231 e. The lowest BCUT2D eigenvalue weighted by Crippen LogP contribution is -2.33. The molecule has 7 heteroatoms. The van der Waals surface area contributed by atoms with Gasteiger partial charge in [0, 0.05) is 17.5 Å². The van der Waals surface area contributed by atoms with Gasteiger partial charge >= 0.3 is 0 Å². The maximum atomic E-state index is 6.48. The SMILES string of the molecule is COc1cccc2c1O[C@H](c1ccc3c(c1)OCO3)N1N=C(c3cccs3)C[C@@H]21. The van der Waals surface area contributed by atoms with Gasteiger partial charge in [-0.3, -0.25) is 0 Å². The Morgan fingerprint density at radius 1 is 1.10 bits per heavy atom. The Balaban J connectivity index is 1.48. The summed E-state index contributed by atoms with van der Waals surface area (Å²) in [6, 6.07) is 16.2. The molecule has 3 aromatic rings. The lowest BCUT2D eigenvalue weighted by Gasteiger charge is -2.38. The third-order valence-electron chi connectivity index (χ3n) is 5.49. The van der Waals surface area contributed by atoms with Crippen molar-refractivity contribution in [2.24, 2.45) is 5.10 Å². The molecule has 0 aliphatic carbocycles. The van der Waals surface area contributed by atoms with Crippen molar-refractivity contribution in [3.05, 3.63) is 69.9 Å². The van der Waals surface area contributed by atoms with Gasteiger partial charge in [-0.15, -0.1) is 11.3 Å². The van der Waals surface area contributed by atoms with Crippen molar-refractivity contribution >= 4 is 17.0 Å². The van der Waals surface area contributed by atoms with Crippen LogP contribution in [0.2, 0.25) is 0 Å². The summed E-state index contributed by atoms with van der Waals surface area (Å²) in [5, 5.41) is 9.13. The topological polar surface area (TPSA) is 52.5 Å². The molecule has 0 unspecified atom stereocenters. The van der Waals surface area contributed by atoms with E-state index in [0.29, 0.717) is 0 Å². The highest BCUT2D eigenvalue weighted by atomic mass is 32.1. The van der Waals surface area contributed by atoms with Crippen LogP contribution in [0.5, 0.6) is 23.0 Å². The van der Waals surface area contributed by atoms with Gasteiger partial charge in [0.05, 0.1) is 23.7 Å². The molecule has 2 atom stereocenters. The number of nitrogens with zero attached hydrogens (tertiary/aromatic N) is 2. The average molecular weight is 406 g/mol. The number of para-hydroxylation sites is 1. The molecule has 2 aromatic carbocycles. The van der Waals surface area contributed by atoms with E-state index in [0.717, 1.165) is 46.3 Å². The van der Waals surface area contributed by atoms with Crippen LogP contribution in [0.4, 0.5) is 0 Å². The third-order valence-corrected chi connectivity index (χ3v) is 6.41. The summed E-state index contributed by atoms with van der Waals surface area (Å²) < 4.78 is 23.1. The summed E-state index contributed by atoms with van der Waals surface area (Å²) >= 11 is 1.71. The lowest BCUT2D eigenvalue weighted by molar-refractivity contribution is -0.0209. The van der Waals surface area contributed by atoms with Gasteiger partial charge < -0.3 is 18.9 Å². The van der Waals surface area contributed by atoms with Crippen LogP contribution in [-0.2, 0) is 0 Å². The van der Waals surface area contributed by atoms with E-state index in [1.165, 1.54) is 4.88 Å². The molecule has 0 saturated carbocycles. The fourth-order valence-corrected chi connectivity index (χ4v) is 4.84. The number of hydrazone groups is 1. The van der Waals surface area contributed by atoms with E-state index >= 15 is 0 Å². The molecule has 3 aliphatic rings. The Bertz CT molecular complexity index is 1110. The van der Waals surface area contributed by atoms with E-state index in [2.05, 4.69) is 28.6 Å². The van der Waals surface area contributed by atoms with E-state index in [-0.39, 0.29) is 19.1 Å². The van der Waals surface area contributed by atoms with E-state index in [1.54, 1.807) is 18.4 Å². The molecule has 29 heavy (non-hydrogen) atoms. The normalized spacial score (nSPS) is 21.3. The molecule has 6 nitrogen and oxygen atoms in total. The molecule has 0 spiro atoms. The molecule has 0 bridgehead atoms. The average Bonchev–Trinajstić information content (AvgIpc) is 3.52.